The Labute approximate surface area is 228 Å². The summed E-state index contributed by atoms with van der Waals surface area (Å²) in [7, 11) is 0. The van der Waals surface area contributed by atoms with Gasteiger partial charge in [0.05, 0.1) is 9.88 Å². The summed E-state index contributed by atoms with van der Waals surface area (Å²) >= 11 is 2.66. The SMILES string of the molecule is CCN(c1ccccc1)c1c(-c2cnc(C)s2)nc(O)c(Sc2ccc(-c3ccnc(F)c3C)cc2)c1O. The van der Waals surface area contributed by atoms with Crippen LogP contribution < -0.4 is 4.90 Å². The van der Waals surface area contributed by atoms with Gasteiger partial charge in [-0.15, -0.1) is 11.3 Å². The van der Waals surface area contributed by atoms with Gasteiger partial charge in [-0.25, -0.2) is 15.0 Å². The fraction of sp³-hybridized carbons (Fsp3) is 0.138. The number of thiazole rings is 1. The Hall–Kier alpha value is -3.95. The number of aromatic nitrogens is 3. The first-order valence-corrected chi connectivity index (χ1v) is 13.6. The number of benzene rings is 2. The molecule has 0 atom stereocenters. The number of para-hydroxylation sites is 1. The first-order chi connectivity index (χ1) is 18.4. The van der Waals surface area contributed by atoms with Gasteiger partial charge < -0.3 is 15.1 Å². The van der Waals surface area contributed by atoms with E-state index >= 15 is 0 Å². The standard InChI is InChI=1S/C29H25FN4O2S2/c1-4-34(20-8-6-5-7-9-20)25-24(23-16-32-18(3)37-23)33-29(36)27(26(25)35)38-21-12-10-19(11-13-21)22-14-15-31-28(30)17(22)2/h5-16H,4H2,1-3H3,(H2,33,35,36). The average molecular weight is 545 g/mol. The molecule has 5 aromatic rings. The summed E-state index contributed by atoms with van der Waals surface area (Å²) in [6.07, 6.45) is 3.15. The molecule has 3 aromatic heterocycles. The van der Waals surface area contributed by atoms with Crippen molar-refractivity contribution in [2.75, 3.05) is 11.4 Å². The van der Waals surface area contributed by atoms with E-state index in [1.807, 2.05) is 73.3 Å². The molecule has 38 heavy (non-hydrogen) atoms. The van der Waals surface area contributed by atoms with Crippen molar-refractivity contribution in [1.82, 2.24) is 15.0 Å². The van der Waals surface area contributed by atoms with E-state index in [-0.39, 0.29) is 16.5 Å². The lowest BCUT2D eigenvalue weighted by molar-refractivity contribution is 0.414. The molecule has 3 heterocycles. The van der Waals surface area contributed by atoms with Crippen LogP contribution in [0, 0.1) is 19.8 Å². The molecule has 0 amide bonds. The van der Waals surface area contributed by atoms with Crippen LogP contribution >= 0.6 is 23.1 Å². The lowest BCUT2D eigenvalue weighted by atomic mass is 10.0. The summed E-state index contributed by atoms with van der Waals surface area (Å²) in [4.78, 5) is 16.3. The van der Waals surface area contributed by atoms with Crippen molar-refractivity contribution in [3.63, 3.8) is 0 Å². The van der Waals surface area contributed by atoms with Crippen molar-refractivity contribution in [1.29, 1.82) is 0 Å². The maximum atomic E-state index is 13.9. The minimum atomic E-state index is -0.496. The molecule has 5 rings (SSSR count). The van der Waals surface area contributed by atoms with Gasteiger partial charge in [-0.3, -0.25) is 0 Å². The number of hydrogen-bond donors (Lipinski definition) is 2. The summed E-state index contributed by atoms with van der Waals surface area (Å²) < 4.78 is 13.9. The van der Waals surface area contributed by atoms with Gasteiger partial charge in [0.25, 0.3) is 0 Å². The van der Waals surface area contributed by atoms with E-state index in [0.29, 0.717) is 23.5 Å². The zero-order chi connectivity index (χ0) is 26.8. The van der Waals surface area contributed by atoms with Crippen molar-refractivity contribution in [2.45, 2.75) is 30.6 Å². The van der Waals surface area contributed by atoms with Crippen LogP contribution in [0.1, 0.15) is 17.5 Å². The van der Waals surface area contributed by atoms with Gasteiger partial charge in [-0.1, -0.05) is 42.1 Å². The second-order valence-corrected chi connectivity index (χ2v) is 10.9. The van der Waals surface area contributed by atoms with Crippen LogP contribution in [0.15, 0.2) is 82.8 Å². The lowest BCUT2D eigenvalue weighted by Gasteiger charge is -2.27. The number of aryl methyl sites for hydroxylation is 1. The first kappa shape index (κ1) is 25.7. The molecule has 0 fully saturated rings. The Morgan fingerprint density at radius 1 is 0.974 bits per heavy atom. The predicted molar refractivity (Wildman–Crippen MR) is 151 cm³/mol. The predicted octanol–water partition coefficient (Wildman–Crippen LogP) is 7.74. The topological polar surface area (TPSA) is 82.4 Å². The highest BCUT2D eigenvalue weighted by molar-refractivity contribution is 7.99. The zero-order valence-corrected chi connectivity index (χ0v) is 22.6. The third-order valence-corrected chi connectivity index (χ3v) is 8.13. The van der Waals surface area contributed by atoms with E-state index in [2.05, 4.69) is 15.0 Å². The third-order valence-electron chi connectivity index (χ3n) is 6.12. The van der Waals surface area contributed by atoms with Crippen molar-refractivity contribution >= 4 is 34.5 Å². The summed E-state index contributed by atoms with van der Waals surface area (Å²) in [5, 5.41) is 23.4. The quantitative estimate of drug-likeness (QED) is 0.203. The minimum absolute atomic E-state index is 0.0645. The zero-order valence-electron chi connectivity index (χ0n) is 21.0. The first-order valence-electron chi connectivity index (χ1n) is 12.0. The highest BCUT2D eigenvalue weighted by atomic mass is 32.2. The second-order valence-electron chi connectivity index (χ2n) is 8.53. The van der Waals surface area contributed by atoms with Crippen LogP contribution in [0.25, 0.3) is 21.7 Å². The molecule has 0 bridgehead atoms. The second kappa shape index (κ2) is 10.8. The van der Waals surface area contributed by atoms with Crippen molar-refractivity contribution in [3.05, 3.63) is 89.6 Å². The summed E-state index contributed by atoms with van der Waals surface area (Å²) in [5.41, 5.74) is 3.94. The van der Waals surface area contributed by atoms with Crippen LogP contribution in [0.5, 0.6) is 11.6 Å². The number of nitrogens with zero attached hydrogens (tertiary/aromatic N) is 4. The van der Waals surface area contributed by atoms with Gasteiger partial charge in [0, 0.05) is 35.1 Å². The highest BCUT2D eigenvalue weighted by Gasteiger charge is 2.26. The van der Waals surface area contributed by atoms with Gasteiger partial charge >= 0.3 is 0 Å². The molecule has 0 saturated carbocycles. The smallest absolute Gasteiger partial charge is 0.229 e. The third kappa shape index (κ3) is 4.94. The van der Waals surface area contributed by atoms with Gasteiger partial charge in [0.1, 0.15) is 16.3 Å². The normalized spacial score (nSPS) is 11.1. The molecule has 9 heteroatoms. The fourth-order valence-electron chi connectivity index (χ4n) is 4.25. The number of hydrogen-bond acceptors (Lipinski definition) is 8. The number of rotatable bonds is 7. The van der Waals surface area contributed by atoms with Crippen LogP contribution in [-0.4, -0.2) is 31.7 Å². The number of aromatic hydroxyl groups is 2. The maximum absolute atomic E-state index is 13.9. The van der Waals surface area contributed by atoms with Crippen LogP contribution in [-0.2, 0) is 0 Å². The molecule has 0 aliphatic rings. The molecule has 6 nitrogen and oxygen atoms in total. The monoisotopic (exact) mass is 544 g/mol. The maximum Gasteiger partial charge on any atom is 0.229 e. The van der Waals surface area contributed by atoms with Crippen LogP contribution in [0.4, 0.5) is 15.8 Å². The van der Waals surface area contributed by atoms with E-state index in [9.17, 15) is 14.6 Å². The van der Waals surface area contributed by atoms with Gasteiger partial charge in [-0.05, 0) is 62.2 Å². The lowest BCUT2D eigenvalue weighted by Crippen LogP contribution is -2.17. The molecule has 0 unspecified atom stereocenters. The molecule has 0 saturated heterocycles. The molecule has 0 radical (unpaired) electrons. The molecule has 2 N–H and O–H groups in total. The fourth-order valence-corrected chi connectivity index (χ4v) is 5.85. The Morgan fingerprint density at radius 3 is 2.37 bits per heavy atom. The summed E-state index contributed by atoms with van der Waals surface area (Å²) in [6.45, 7) is 6.16. The van der Waals surface area contributed by atoms with Gasteiger partial charge in [-0.2, -0.15) is 4.39 Å². The Balaban J connectivity index is 1.58. The van der Waals surface area contributed by atoms with Gasteiger partial charge in [0.15, 0.2) is 5.75 Å². The summed E-state index contributed by atoms with van der Waals surface area (Å²) in [6, 6.07) is 19.0. The number of pyridine rings is 2. The van der Waals surface area contributed by atoms with E-state index in [1.165, 1.54) is 29.3 Å². The average Bonchev–Trinajstić information content (AvgIpc) is 3.36. The van der Waals surface area contributed by atoms with Crippen LogP contribution in [0.3, 0.4) is 0 Å². The number of halogens is 1. The Kier molecular flexibility index (Phi) is 7.31. The van der Waals surface area contributed by atoms with Gasteiger partial charge in [0.2, 0.25) is 11.8 Å². The van der Waals surface area contributed by atoms with E-state index in [0.717, 1.165) is 31.6 Å². The molecule has 2 aromatic carbocycles. The van der Waals surface area contributed by atoms with E-state index in [1.54, 1.807) is 19.2 Å². The Bertz CT molecular complexity index is 1590. The number of anilines is 2. The molecule has 192 valence electrons. The minimum Gasteiger partial charge on any atom is -0.504 e. The molecule has 0 aliphatic heterocycles. The van der Waals surface area contributed by atoms with E-state index in [4.69, 9.17) is 0 Å². The molecular formula is C29H25FN4O2S2. The van der Waals surface area contributed by atoms with E-state index < -0.39 is 5.95 Å². The largest absolute Gasteiger partial charge is 0.504 e. The Morgan fingerprint density at radius 2 is 1.71 bits per heavy atom. The van der Waals surface area contributed by atoms with Crippen molar-refractivity contribution in [2.24, 2.45) is 0 Å². The van der Waals surface area contributed by atoms with Crippen molar-refractivity contribution in [3.8, 4) is 33.3 Å². The molecular weight excluding hydrogens is 519 g/mol. The van der Waals surface area contributed by atoms with Crippen LogP contribution in [0.2, 0.25) is 0 Å². The van der Waals surface area contributed by atoms with Crippen molar-refractivity contribution < 1.29 is 14.6 Å². The molecule has 0 spiro atoms. The molecule has 0 aliphatic carbocycles. The highest BCUT2D eigenvalue weighted by Crippen LogP contribution is 2.51. The summed E-state index contributed by atoms with van der Waals surface area (Å²) in [5.74, 6) is -0.826.